The van der Waals surface area contributed by atoms with Crippen molar-refractivity contribution < 1.29 is 14.3 Å². The lowest BCUT2D eigenvalue weighted by atomic mass is 9.99. The Morgan fingerprint density at radius 3 is 2.65 bits per heavy atom. The Kier molecular flexibility index (Phi) is 2.91. The molecule has 98 valence electrons. The molecular formula is C16H10FNO2. The molecule has 3 rings (SSSR count). The number of rotatable bonds is 2. The van der Waals surface area contributed by atoms with Gasteiger partial charge in [-0.05, 0) is 29.8 Å². The minimum atomic E-state index is -1.14. The van der Waals surface area contributed by atoms with E-state index in [2.05, 4.69) is 4.98 Å². The van der Waals surface area contributed by atoms with E-state index in [0.717, 1.165) is 17.0 Å². The Labute approximate surface area is 114 Å². The molecule has 1 aromatic heterocycles. The van der Waals surface area contributed by atoms with Crippen LogP contribution in [-0.2, 0) is 0 Å². The van der Waals surface area contributed by atoms with E-state index in [1.165, 1.54) is 12.1 Å². The lowest BCUT2D eigenvalue weighted by Gasteiger charge is -2.08. The van der Waals surface area contributed by atoms with E-state index in [1.54, 1.807) is 24.4 Å². The number of carboxylic acids is 1. The SMILES string of the molecule is O=C(O)c1ccc(-c2cccc3ncccc23)c(F)c1. The highest BCUT2D eigenvalue weighted by Gasteiger charge is 2.12. The highest BCUT2D eigenvalue weighted by atomic mass is 19.1. The molecule has 0 aliphatic carbocycles. The van der Waals surface area contributed by atoms with Crippen LogP contribution >= 0.6 is 0 Å². The van der Waals surface area contributed by atoms with Gasteiger partial charge in [-0.2, -0.15) is 0 Å². The van der Waals surface area contributed by atoms with E-state index in [-0.39, 0.29) is 5.56 Å². The van der Waals surface area contributed by atoms with Gasteiger partial charge in [0.25, 0.3) is 0 Å². The first-order chi connectivity index (χ1) is 9.66. The third-order valence-corrected chi connectivity index (χ3v) is 3.15. The molecule has 20 heavy (non-hydrogen) atoms. The van der Waals surface area contributed by atoms with Gasteiger partial charge in [-0.1, -0.05) is 24.3 Å². The fourth-order valence-electron chi connectivity index (χ4n) is 2.20. The molecule has 3 aromatic rings. The summed E-state index contributed by atoms with van der Waals surface area (Å²) in [5.41, 5.74) is 1.77. The standard InChI is InChI=1S/C16H10FNO2/c17-14-9-10(16(19)20)6-7-12(14)11-3-1-5-15-13(11)4-2-8-18-15/h1-9H,(H,19,20). The van der Waals surface area contributed by atoms with Gasteiger partial charge < -0.3 is 5.11 Å². The highest BCUT2D eigenvalue weighted by molar-refractivity contribution is 5.95. The minimum Gasteiger partial charge on any atom is -0.478 e. The van der Waals surface area contributed by atoms with Crippen molar-refractivity contribution in [3.8, 4) is 11.1 Å². The number of aromatic nitrogens is 1. The smallest absolute Gasteiger partial charge is 0.335 e. The second-order valence-electron chi connectivity index (χ2n) is 4.38. The average molecular weight is 267 g/mol. The first-order valence-electron chi connectivity index (χ1n) is 6.04. The maximum atomic E-state index is 14.1. The molecule has 0 unspecified atom stereocenters. The van der Waals surface area contributed by atoms with Crippen LogP contribution in [0.5, 0.6) is 0 Å². The van der Waals surface area contributed by atoms with Gasteiger partial charge in [-0.25, -0.2) is 9.18 Å². The quantitative estimate of drug-likeness (QED) is 0.769. The lowest BCUT2D eigenvalue weighted by molar-refractivity contribution is 0.0696. The van der Waals surface area contributed by atoms with Gasteiger partial charge in [0.15, 0.2) is 0 Å². The van der Waals surface area contributed by atoms with Crippen LogP contribution in [0.15, 0.2) is 54.7 Å². The van der Waals surface area contributed by atoms with Crippen molar-refractivity contribution in [2.24, 2.45) is 0 Å². The maximum absolute atomic E-state index is 14.1. The third-order valence-electron chi connectivity index (χ3n) is 3.15. The zero-order valence-electron chi connectivity index (χ0n) is 10.4. The number of pyridine rings is 1. The van der Waals surface area contributed by atoms with Crippen molar-refractivity contribution in [3.63, 3.8) is 0 Å². The molecule has 0 radical (unpaired) electrons. The molecule has 1 heterocycles. The summed E-state index contributed by atoms with van der Waals surface area (Å²) in [5.74, 6) is -1.70. The number of benzene rings is 2. The van der Waals surface area contributed by atoms with Crippen molar-refractivity contribution in [2.45, 2.75) is 0 Å². The highest BCUT2D eigenvalue weighted by Crippen LogP contribution is 2.30. The van der Waals surface area contributed by atoms with Crippen molar-refractivity contribution in [2.75, 3.05) is 0 Å². The van der Waals surface area contributed by atoms with Gasteiger partial charge >= 0.3 is 5.97 Å². The largest absolute Gasteiger partial charge is 0.478 e. The summed E-state index contributed by atoms with van der Waals surface area (Å²) in [5, 5.41) is 9.70. The predicted molar refractivity (Wildman–Crippen MR) is 74.1 cm³/mol. The van der Waals surface area contributed by atoms with Crippen molar-refractivity contribution >= 4 is 16.9 Å². The van der Waals surface area contributed by atoms with Gasteiger partial charge in [0.2, 0.25) is 0 Å². The van der Waals surface area contributed by atoms with Crippen LogP contribution in [0.4, 0.5) is 4.39 Å². The number of fused-ring (bicyclic) bond motifs is 1. The van der Waals surface area contributed by atoms with E-state index >= 15 is 0 Å². The molecule has 0 fully saturated rings. The second kappa shape index (κ2) is 4.74. The Bertz CT molecular complexity index is 809. The van der Waals surface area contributed by atoms with E-state index in [0.29, 0.717) is 11.1 Å². The van der Waals surface area contributed by atoms with Crippen molar-refractivity contribution in [1.82, 2.24) is 4.98 Å². The van der Waals surface area contributed by atoms with E-state index in [9.17, 15) is 9.18 Å². The first-order valence-corrected chi connectivity index (χ1v) is 6.04. The van der Waals surface area contributed by atoms with Gasteiger partial charge in [0.1, 0.15) is 5.82 Å². The first kappa shape index (κ1) is 12.3. The Morgan fingerprint density at radius 2 is 1.90 bits per heavy atom. The number of carbonyl (C=O) groups is 1. The van der Waals surface area contributed by atoms with E-state index in [4.69, 9.17) is 5.11 Å². The topological polar surface area (TPSA) is 50.2 Å². The molecule has 3 nitrogen and oxygen atoms in total. The van der Waals surface area contributed by atoms with Crippen LogP contribution < -0.4 is 0 Å². The summed E-state index contributed by atoms with van der Waals surface area (Å²) in [4.78, 5) is 15.1. The average Bonchev–Trinajstić information content (AvgIpc) is 2.46. The normalized spacial score (nSPS) is 10.7. The van der Waals surface area contributed by atoms with Gasteiger partial charge in [0.05, 0.1) is 11.1 Å². The van der Waals surface area contributed by atoms with Crippen LogP contribution in [0, 0.1) is 5.82 Å². The van der Waals surface area contributed by atoms with E-state index < -0.39 is 11.8 Å². The lowest BCUT2D eigenvalue weighted by Crippen LogP contribution is -1.97. The number of aromatic carboxylic acids is 1. The maximum Gasteiger partial charge on any atom is 0.335 e. The fraction of sp³-hybridized carbons (Fsp3) is 0. The molecule has 0 saturated carbocycles. The summed E-state index contributed by atoms with van der Waals surface area (Å²) in [7, 11) is 0. The van der Waals surface area contributed by atoms with Crippen LogP contribution in [-0.4, -0.2) is 16.1 Å². The van der Waals surface area contributed by atoms with Crippen LogP contribution in [0.3, 0.4) is 0 Å². The van der Waals surface area contributed by atoms with Crippen molar-refractivity contribution in [3.05, 3.63) is 66.1 Å². The van der Waals surface area contributed by atoms with E-state index in [1.807, 2.05) is 12.1 Å². The molecule has 0 aliphatic rings. The molecular weight excluding hydrogens is 257 g/mol. The van der Waals surface area contributed by atoms with Crippen LogP contribution in [0.25, 0.3) is 22.0 Å². The number of nitrogens with zero attached hydrogens (tertiary/aromatic N) is 1. The summed E-state index contributed by atoms with van der Waals surface area (Å²) in [6.07, 6.45) is 1.68. The second-order valence-corrected chi connectivity index (χ2v) is 4.38. The molecule has 0 saturated heterocycles. The number of hydrogen-bond donors (Lipinski definition) is 1. The number of carboxylic acid groups (broad SMARTS) is 1. The monoisotopic (exact) mass is 267 g/mol. The molecule has 4 heteroatoms. The zero-order chi connectivity index (χ0) is 14.1. The van der Waals surface area contributed by atoms with Crippen molar-refractivity contribution in [1.29, 1.82) is 0 Å². The summed E-state index contributed by atoms with van der Waals surface area (Å²) in [6, 6.07) is 13.0. The molecule has 0 aliphatic heterocycles. The van der Waals surface area contributed by atoms with Gasteiger partial charge in [0, 0.05) is 17.1 Å². The van der Waals surface area contributed by atoms with Crippen LogP contribution in [0.2, 0.25) is 0 Å². The van der Waals surface area contributed by atoms with Gasteiger partial charge in [-0.3, -0.25) is 4.98 Å². The fourth-order valence-corrected chi connectivity index (χ4v) is 2.20. The van der Waals surface area contributed by atoms with Crippen LogP contribution in [0.1, 0.15) is 10.4 Å². The molecule has 0 amide bonds. The molecule has 0 atom stereocenters. The molecule has 0 spiro atoms. The molecule has 1 N–H and O–H groups in total. The Morgan fingerprint density at radius 1 is 1.05 bits per heavy atom. The summed E-state index contributed by atoms with van der Waals surface area (Å²) >= 11 is 0. The number of hydrogen-bond acceptors (Lipinski definition) is 2. The molecule has 0 bridgehead atoms. The third kappa shape index (κ3) is 2.01. The predicted octanol–water partition coefficient (Wildman–Crippen LogP) is 3.74. The van der Waals surface area contributed by atoms with Gasteiger partial charge in [-0.15, -0.1) is 0 Å². The minimum absolute atomic E-state index is 0.0652. The zero-order valence-corrected chi connectivity index (χ0v) is 10.4. The Balaban J connectivity index is 2.23. The number of halogens is 1. The summed E-state index contributed by atoms with van der Waals surface area (Å²) < 4.78 is 14.1. The Hall–Kier alpha value is -2.75. The molecule has 2 aromatic carbocycles. The summed E-state index contributed by atoms with van der Waals surface area (Å²) in [6.45, 7) is 0.